The molecule has 0 aliphatic heterocycles. The molecule has 0 atom stereocenters. The van der Waals surface area contributed by atoms with E-state index in [0.717, 1.165) is 12.1 Å². The minimum absolute atomic E-state index is 0.0328. The van der Waals surface area contributed by atoms with Gasteiger partial charge in [-0.2, -0.15) is 43.2 Å². The van der Waals surface area contributed by atoms with E-state index in [4.69, 9.17) is 56.1 Å². The average Bonchev–Trinajstić information content (AvgIpc) is 2.94. The third kappa shape index (κ3) is 13.1. The number of sulfonamides is 2. The summed E-state index contributed by atoms with van der Waals surface area (Å²) in [4.78, 5) is 9.71. The molecule has 0 aliphatic carbocycles. The van der Waals surface area contributed by atoms with Crippen molar-refractivity contribution in [1.82, 2.24) is 0 Å². The van der Waals surface area contributed by atoms with Crippen LogP contribution in [0.15, 0.2) is 69.9 Å². The van der Waals surface area contributed by atoms with Crippen molar-refractivity contribution < 1.29 is 52.9 Å². The fourth-order valence-corrected chi connectivity index (χ4v) is 4.40. The highest BCUT2D eigenvalue weighted by molar-refractivity contribution is 7.93. The number of anilines is 2. The summed E-state index contributed by atoms with van der Waals surface area (Å²) >= 11 is 22.1. The van der Waals surface area contributed by atoms with Crippen molar-refractivity contribution in [2.24, 2.45) is 10.3 Å². The second-order valence-corrected chi connectivity index (χ2v) is 12.9. The first kappa shape index (κ1) is 41.1. The van der Waals surface area contributed by atoms with Crippen molar-refractivity contribution in [3.05, 3.63) is 80.8 Å². The second-order valence-electron chi connectivity index (χ2n) is 8.15. The quantitative estimate of drug-likeness (QED) is 0.0965. The normalized spacial score (nSPS) is 13.4. The SMILES string of the molecule is C/C(=N\OC/C=C/Cl)c1cc(Cl)ccc1NS(=O)(=O)C(F)(F)F.C/C(=N\OC/C=C\Cl)c1cc(Cl)ccc1NS(=O)(=O)C(F)(F)F. The predicted octanol–water partition coefficient (Wildman–Crippen LogP) is 8.19. The number of nitrogens with zero attached hydrogens (tertiary/aromatic N) is 2. The zero-order valence-corrected chi connectivity index (χ0v) is 27.8. The van der Waals surface area contributed by atoms with E-state index in [2.05, 4.69) is 10.3 Å². The van der Waals surface area contributed by atoms with Crippen LogP contribution in [0.25, 0.3) is 0 Å². The molecular weight excluding hydrogens is 760 g/mol. The van der Waals surface area contributed by atoms with Crippen LogP contribution in [-0.2, 0) is 29.7 Å². The molecule has 0 spiro atoms. The molecule has 0 aliphatic rings. The predicted molar refractivity (Wildman–Crippen MR) is 166 cm³/mol. The van der Waals surface area contributed by atoms with E-state index in [0.29, 0.717) is 0 Å². The summed E-state index contributed by atoms with van der Waals surface area (Å²) in [6, 6.07) is 7.19. The molecule has 0 fully saturated rings. The van der Waals surface area contributed by atoms with E-state index in [-0.39, 0.29) is 57.2 Å². The lowest BCUT2D eigenvalue weighted by Crippen LogP contribution is -2.30. The minimum atomic E-state index is -5.57. The largest absolute Gasteiger partial charge is 0.516 e. The molecule has 2 N–H and O–H groups in total. The van der Waals surface area contributed by atoms with Crippen LogP contribution in [0, 0.1) is 0 Å². The Labute approximate surface area is 279 Å². The molecule has 0 saturated carbocycles. The van der Waals surface area contributed by atoms with Crippen molar-refractivity contribution in [3.63, 3.8) is 0 Å². The Bertz CT molecular complexity index is 1560. The number of benzene rings is 2. The lowest BCUT2D eigenvalue weighted by atomic mass is 10.1. The fourth-order valence-electron chi connectivity index (χ4n) is 2.74. The van der Waals surface area contributed by atoms with Gasteiger partial charge in [-0.05, 0) is 62.4 Å². The van der Waals surface area contributed by atoms with Gasteiger partial charge in [0.15, 0.2) is 0 Å². The van der Waals surface area contributed by atoms with Crippen molar-refractivity contribution in [3.8, 4) is 0 Å². The Balaban J connectivity index is 0.000000460. The molecule has 2 aromatic carbocycles. The van der Waals surface area contributed by atoms with Gasteiger partial charge in [-0.15, -0.1) is 0 Å². The van der Waals surface area contributed by atoms with E-state index in [1.54, 1.807) is 0 Å². The Morgan fingerprint density at radius 3 is 1.33 bits per heavy atom. The van der Waals surface area contributed by atoms with Crippen molar-refractivity contribution in [1.29, 1.82) is 0 Å². The van der Waals surface area contributed by atoms with E-state index in [1.807, 2.05) is 0 Å². The number of oxime groups is 2. The topological polar surface area (TPSA) is 136 Å². The van der Waals surface area contributed by atoms with Gasteiger partial charge in [0, 0.05) is 32.2 Å². The van der Waals surface area contributed by atoms with Crippen LogP contribution in [0.2, 0.25) is 10.0 Å². The van der Waals surface area contributed by atoms with Gasteiger partial charge in [0.05, 0.1) is 22.8 Å². The van der Waals surface area contributed by atoms with E-state index in [9.17, 15) is 43.2 Å². The summed E-state index contributed by atoms with van der Waals surface area (Å²) in [5.74, 6) is 0. The van der Waals surface area contributed by atoms with E-state index >= 15 is 0 Å². The van der Waals surface area contributed by atoms with Gasteiger partial charge in [0.25, 0.3) is 0 Å². The molecule has 22 heteroatoms. The Morgan fingerprint density at radius 2 is 1.04 bits per heavy atom. The monoisotopic (exact) mass is 780 g/mol. The molecule has 0 unspecified atom stereocenters. The van der Waals surface area contributed by atoms with Crippen LogP contribution in [0.1, 0.15) is 25.0 Å². The summed E-state index contributed by atoms with van der Waals surface area (Å²) in [5.41, 5.74) is -8.83. The molecule has 2 aromatic rings. The standard InChI is InChI=1S/2C12H11Cl2F3N2O3S/c2*1-8(18-22-6-2-5-13)10-7-9(14)3-4-11(10)19-23(20,21)12(15,16)17/h2*2-5,7,19H,6H2,1H3/b5-2+,18-8+;5-2-,18-8+. The number of alkyl halides is 6. The van der Waals surface area contributed by atoms with Crippen molar-refractivity contribution in [2.45, 2.75) is 24.9 Å². The van der Waals surface area contributed by atoms with E-state index < -0.39 is 31.1 Å². The van der Waals surface area contributed by atoms with Gasteiger partial charge in [-0.25, -0.2) is 0 Å². The Hall–Kier alpha value is -2.90. The molecule has 0 heterocycles. The molecule has 256 valence electrons. The highest BCUT2D eigenvalue weighted by atomic mass is 35.5. The molecule has 0 saturated heterocycles. The number of halogens is 10. The number of rotatable bonds is 12. The van der Waals surface area contributed by atoms with Crippen LogP contribution in [-0.4, -0.2) is 52.5 Å². The third-order valence-electron chi connectivity index (χ3n) is 4.76. The van der Waals surface area contributed by atoms with Gasteiger partial charge in [-0.1, -0.05) is 56.7 Å². The van der Waals surface area contributed by atoms with Crippen LogP contribution >= 0.6 is 46.4 Å². The summed E-state index contributed by atoms with van der Waals surface area (Å²) in [7, 11) is -11.1. The molecule has 2 rings (SSSR count). The van der Waals surface area contributed by atoms with Gasteiger partial charge in [0.2, 0.25) is 0 Å². The molecular formula is C24H22Cl4F6N4O6S2. The lowest BCUT2D eigenvalue weighted by molar-refractivity contribution is -0.0435. The van der Waals surface area contributed by atoms with Crippen LogP contribution in [0.4, 0.5) is 37.7 Å². The maximum atomic E-state index is 12.5. The number of nitrogens with one attached hydrogen (secondary N) is 2. The molecule has 0 bridgehead atoms. The highest BCUT2D eigenvalue weighted by Gasteiger charge is 2.47. The van der Waals surface area contributed by atoms with Gasteiger partial charge >= 0.3 is 31.1 Å². The van der Waals surface area contributed by atoms with Crippen molar-refractivity contribution >= 4 is 89.2 Å². The average molecular weight is 782 g/mol. The zero-order chi connectivity index (χ0) is 35.3. The van der Waals surface area contributed by atoms with Crippen LogP contribution in [0.3, 0.4) is 0 Å². The Morgan fingerprint density at radius 1 is 0.717 bits per heavy atom. The van der Waals surface area contributed by atoms with E-state index in [1.165, 1.54) is 70.8 Å². The lowest BCUT2D eigenvalue weighted by Gasteiger charge is -2.14. The first-order valence-corrected chi connectivity index (χ1v) is 16.4. The van der Waals surface area contributed by atoms with Gasteiger partial charge in [0.1, 0.15) is 13.2 Å². The smallest absolute Gasteiger partial charge is 0.391 e. The maximum Gasteiger partial charge on any atom is 0.516 e. The van der Waals surface area contributed by atoms with Crippen molar-refractivity contribution in [2.75, 3.05) is 22.7 Å². The van der Waals surface area contributed by atoms with Gasteiger partial charge < -0.3 is 9.68 Å². The molecule has 0 amide bonds. The molecule has 0 radical (unpaired) electrons. The third-order valence-corrected chi connectivity index (χ3v) is 7.79. The fraction of sp³-hybridized carbons (Fsp3) is 0.250. The number of hydrogen-bond acceptors (Lipinski definition) is 8. The summed E-state index contributed by atoms with van der Waals surface area (Å²) in [5, 5.41) is 7.69. The molecule has 46 heavy (non-hydrogen) atoms. The highest BCUT2D eigenvalue weighted by Crippen LogP contribution is 2.30. The van der Waals surface area contributed by atoms with Gasteiger partial charge in [-0.3, -0.25) is 9.44 Å². The second kappa shape index (κ2) is 17.9. The number of hydrogen-bond donors (Lipinski definition) is 2. The van der Waals surface area contributed by atoms with Crippen LogP contribution in [0.5, 0.6) is 0 Å². The maximum absolute atomic E-state index is 12.5. The summed E-state index contributed by atoms with van der Waals surface area (Å²) in [6.45, 7) is 2.90. The first-order chi connectivity index (χ1) is 21.2. The first-order valence-electron chi connectivity index (χ1n) is 11.8. The minimum Gasteiger partial charge on any atom is -0.391 e. The molecule has 10 nitrogen and oxygen atoms in total. The summed E-state index contributed by atoms with van der Waals surface area (Å²) in [6.07, 6.45) is 2.87. The zero-order valence-electron chi connectivity index (χ0n) is 23.1. The molecule has 0 aromatic heterocycles. The summed E-state index contributed by atoms with van der Waals surface area (Å²) < 4.78 is 123. The Kier molecular flexibility index (Phi) is 16.0. The van der Waals surface area contributed by atoms with Crippen LogP contribution < -0.4 is 9.44 Å².